The number of furan rings is 1. The van der Waals surface area contributed by atoms with Crippen molar-refractivity contribution in [2.45, 2.75) is 46.0 Å². The number of nitrogens with zero attached hydrogens (tertiary/aromatic N) is 2. The maximum atomic E-state index is 8.00. The van der Waals surface area contributed by atoms with Gasteiger partial charge in [0.05, 0.1) is 28.0 Å². The molecule has 0 bridgehead atoms. The van der Waals surface area contributed by atoms with Crippen LogP contribution in [0.1, 0.15) is 61.6 Å². The molecule has 73 heavy (non-hydrogen) atoms. The summed E-state index contributed by atoms with van der Waals surface area (Å²) in [6.07, 6.45) is 14.1. The van der Waals surface area contributed by atoms with Crippen molar-refractivity contribution in [1.29, 1.82) is 5.41 Å². The molecule has 354 valence electrons. The molecule has 0 fully saturated rings. The lowest BCUT2D eigenvalue weighted by molar-refractivity contribution is 0.575. The predicted octanol–water partition coefficient (Wildman–Crippen LogP) is 15.7. The van der Waals surface area contributed by atoms with Gasteiger partial charge in [-0.1, -0.05) is 153 Å². The van der Waals surface area contributed by atoms with Gasteiger partial charge in [0.15, 0.2) is 0 Å². The van der Waals surface area contributed by atoms with E-state index < -0.39 is 0 Å². The number of hydrogen-bond donors (Lipinski definition) is 2. The first-order chi connectivity index (χ1) is 35.6. The van der Waals surface area contributed by atoms with Crippen LogP contribution in [0.25, 0.3) is 95.2 Å². The standard InChI is InChI=1S/C53H40N2O.C15H16N2/c1-5-40-42-19-10-12-21-51(42)56-52(40)30-39-28-36-27-34(22-24-48(36)54(39)38-17-13-14-33(2)26-38)35-23-25-49-44(29-35)45-31-43-41-18-9-11-20-46(41)53(3,4)47(43)32-50(45)55(49)37-15-7-6-8-16-37;16-14(12-7-3-1-4-8-12)11-15(17)13-9-5-2-6-10-13/h5-32H,1-4H3;1-5,7-9,11,17H,6,10,16H2/b40-5-,52-30+;14-11-,17-15?. The Bertz CT molecular complexity index is 4210. The number of para-hydroxylation sites is 2. The van der Waals surface area contributed by atoms with Crippen molar-refractivity contribution in [1.82, 2.24) is 9.13 Å². The zero-order chi connectivity index (χ0) is 49.8. The monoisotopic (exact) mass is 944 g/mol. The first-order valence-electron chi connectivity index (χ1n) is 25.3. The predicted molar refractivity (Wildman–Crippen MR) is 307 cm³/mol. The van der Waals surface area contributed by atoms with Crippen molar-refractivity contribution in [3.8, 4) is 33.6 Å². The fourth-order valence-corrected chi connectivity index (χ4v) is 11.2. The van der Waals surface area contributed by atoms with E-state index in [9.17, 15) is 0 Å². The third-order valence-electron chi connectivity index (χ3n) is 14.9. The van der Waals surface area contributed by atoms with Crippen LogP contribution in [0.3, 0.4) is 0 Å². The van der Waals surface area contributed by atoms with E-state index in [1.54, 1.807) is 6.08 Å². The highest BCUT2D eigenvalue weighted by Crippen LogP contribution is 2.51. The van der Waals surface area contributed by atoms with Crippen molar-refractivity contribution in [2.24, 2.45) is 5.73 Å². The summed E-state index contributed by atoms with van der Waals surface area (Å²) in [5.74, 6) is 0. The van der Waals surface area contributed by atoms with E-state index in [1.165, 1.54) is 71.8 Å². The van der Waals surface area contributed by atoms with Gasteiger partial charge in [-0.2, -0.15) is 0 Å². The summed E-state index contributed by atoms with van der Waals surface area (Å²) < 4.78 is 11.3. The van der Waals surface area contributed by atoms with Gasteiger partial charge in [0, 0.05) is 55.3 Å². The molecule has 2 aliphatic carbocycles. The van der Waals surface area contributed by atoms with Crippen LogP contribution in [-0.2, 0) is 5.41 Å². The highest BCUT2D eigenvalue weighted by atomic mass is 16.3. The van der Waals surface area contributed by atoms with Crippen LogP contribution in [0.15, 0.2) is 222 Å². The lowest BCUT2D eigenvalue weighted by Gasteiger charge is -2.21. The SMILES string of the molecule is C/C=c1\c(=C/c2cc3cc(-c4ccc5c(c4)c4cc6c(cc4n5-c4ccccc4)C(C)(C)c4ccccc4-6)ccc3n2-c2cccc(C)c2)oc2ccccc12.N=C(/C=C(\N)c1ccccc1)C1=CC=CCC1. The Morgan fingerprint density at radius 2 is 1.34 bits per heavy atom. The van der Waals surface area contributed by atoms with Gasteiger partial charge >= 0.3 is 0 Å². The minimum Gasteiger partial charge on any atom is -0.456 e. The third-order valence-corrected chi connectivity index (χ3v) is 14.9. The lowest BCUT2D eigenvalue weighted by atomic mass is 9.82. The van der Waals surface area contributed by atoms with Gasteiger partial charge in [0.25, 0.3) is 0 Å². The zero-order valence-corrected chi connectivity index (χ0v) is 41.7. The van der Waals surface area contributed by atoms with E-state index in [2.05, 4.69) is 201 Å². The Labute approximate surface area is 426 Å². The number of benzene rings is 8. The summed E-state index contributed by atoms with van der Waals surface area (Å²) in [5, 5.41) is 14.0. The van der Waals surface area contributed by atoms with Crippen molar-refractivity contribution in [3.05, 3.63) is 257 Å². The fourth-order valence-electron chi connectivity index (χ4n) is 11.2. The van der Waals surface area contributed by atoms with Crippen LogP contribution in [0.2, 0.25) is 0 Å². The minimum atomic E-state index is -0.0788. The number of allylic oxidation sites excluding steroid dienone is 5. The summed E-state index contributed by atoms with van der Waals surface area (Å²) in [5.41, 5.74) is 26.9. The average molecular weight is 945 g/mol. The van der Waals surface area contributed by atoms with E-state index in [0.717, 1.165) is 62.5 Å². The second kappa shape index (κ2) is 18.4. The summed E-state index contributed by atoms with van der Waals surface area (Å²) in [6.45, 7) is 8.96. The highest BCUT2D eigenvalue weighted by Gasteiger charge is 2.36. The van der Waals surface area contributed by atoms with Crippen LogP contribution >= 0.6 is 0 Å². The Balaban J connectivity index is 0.000000272. The molecular weight excluding hydrogens is 889 g/mol. The number of hydrogen-bond acceptors (Lipinski definition) is 3. The van der Waals surface area contributed by atoms with Crippen LogP contribution < -0.4 is 16.4 Å². The maximum absolute atomic E-state index is 8.00. The number of aromatic nitrogens is 2. The highest BCUT2D eigenvalue weighted by molar-refractivity contribution is 6.13. The molecule has 0 saturated carbocycles. The van der Waals surface area contributed by atoms with E-state index in [-0.39, 0.29) is 5.41 Å². The second-order valence-electron chi connectivity index (χ2n) is 19.9. The number of fused-ring (bicyclic) bond motifs is 8. The number of aryl methyl sites for hydroxylation is 1. The normalized spacial score (nSPS) is 14.4. The molecule has 0 amide bonds. The largest absolute Gasteiger partial charge is 0.456 e. The molecule has 8 aromatic carbocycles. The number of nitrogens with one attached hydrogen (secondary N) is 1. The van der Waals surface area contributed by atoms with Gasteiger partial charge in [-0.25, -0.2) is 0 Å². The Hall–Kier alpha value is -8.93. The first kappa shape index (κ1) is 45.2. The van der Waals surface area contributed by atoms with Gasteiger partial charge in [-0.3, -0.25) is 0 Å². The van der Waals surface area contributed by atoms with Crippen LogP contribution in [0, 0.1) is 12.3 Å². The molecule has 11 aromatic rings. The molecule has 3 heterocycles. The van der Waals surface area contributed by atoms with Crippen LogP contribution in [0.4, 0.5) is 0 Å². The fraction of sp³-hybridized carbons (Fsp3) is 0.103. The van der Waals surface area contributed by atoms with E-state index in [4.69, 9.17) is 15.6 Å². The molecule has 3 N–H and O–H groups in total. The Morgan fingerprint density at radius 1 is 0.630 bits per heavy atom. The first-order valence-corrected chi connectivity index (χ1v) is 25.3. The lowest BCUT2D eigenvalue weighted by Crippen LogP contribution is -2.20. The molecule has 3 aromatic heterocycles. The van der Waals surface area contributed by atoms with Gasteiger partial charge in [0.2, 0.25) is 0 Å². The van der Waals surface area contributed by atoms with Gasteiger partial charge in [-0.05, 0) is 156 Å². The molecular formula is C68H56N4O. The zero-order valence-electron chi connectivity index (χ0n) is 41.7. The molecule has 0 radical (unpaired) electrons. The smallest absolute Gasteiger partial charge is 0.137 e. The Morgan fingerprint density at radius 3 is 2.12 bits per heavy atom. The topological polar surface area (TPSA) is 72.9 Å². The van der Waals surface area contributed by atoms with Crippen molar-refractivity contribution < 1.29 is 4.42 Å². The van der Waals surface area contributed by atoms with E-state index in [0.29, 0.717) is 11.4 Å². The molecule has 0 atom stereocenters. The minimum absolute atomic E-state index is 0.0788. The van der Waals surface area contributed by atoms with Gasteiger partial charge in [0.1, 0.15) is 11.0 Å². The maximum Gasteiger partial charge on any atom is 0.137 e. The van der Waals surface area contributed by atoms with Gasteiger partial charge in [-0.15, -0.1) is 0 Å². The number of rotatable bonds is 7. The second-order valence-corrected chi connectivity index (χ2v) is 19.9. The van der Waals surface area contributed by atoms with Crippen molar-refractivity contribution in [3.63, 3.8) is 0 Å². The average Bonchev–Trinajstić information content (AvgIpc) is 4.14. The van der Waals surface area contributed by atoms with Gasteiger partial charge < -0.3 is 24.7 Å². The summed E-state index contributed by atoms with van der Waals surface area (Å²) in [4.78, 5) is 0. The molecule has 0 saturated heterocycles. The van der Waals surface area contributed by atoms with E-state index >= 15 is 0 Å². The molecule has 5 nitrogen and oxygen atoms in total. The summed E-state index contributed by atoms with van der Waals surface area (Å²) in [6, 6.07) is 67.6. The molecule has 0 spiro atoms. The molecule has 2 aliphatic rings. The summed E-state index contributed by atoms with van der Waals surface area (Å²) >= 11 is 0. The van der Waals surface area contributed by atoms with Crippen LogP contribution in [-0.4, -0.2) is 14.8 Å². The van der Waals surface area contributed by atoms with E-state index in [1.807, 2.05) is 54.6 Å². The molecule has 5 heteroatoms. The van der Waals surface area contributed by atoms with Crippen molar-refractivity contribution in [2.75, 3.05) is 0 Å². The Kier molecular flexibility index (Phi) is 11.4. The van der Waals surface area contributed by atoms with Crippen LogP contribution in [0.5, 0.6) is 0 Å². The number of nitrogens with two attached hydrogens (primary N) is 1. The molecule has 0 unspecified atom stereocenters. The van der Waals surface area contributed by atoms with Crippen molar-refractivity contribution >= 4 is 67.2 Å². The quantitative estimate of drug-likeness (QED) is 0.156. The third kappa shape index (κ3) is 8.04. The molecule has 0 aliphatic heterocycles. The summed E-state index contributed by atoms with van der Waals surface area (Å²) in [7, 11) is 0. The molecule has 13 rings (SSSR count).